The summed E-state index contributed by atoms with van der Waals surface area (Å²) >= 11 is 3.08. The summed E-state index contributed by atoms with van der Waals surface area (Å²) in [5, 5.41) is 0. The smallest absolute Gasteiger partial charge is 0.252 e. The highest BCUT2D eigenvalue weighted by Gasteiger charge is 2.32. The van der Waals surface area contributed by atoms with Gasteiger partial charge in [0.2, 0.25) is 0 Å². The summed E-state index contributed by atoms with van der Waals surface area (Å²) in [6.45, 7) is 2.96. The number of hydrogen-bond donors (Lipinski definition) is 1. The zero-order valence-corrected chi connectivity index (χ0v) is 12.1. The largest absolute Gasteiger partial charge is 0.326 e. The Morgan fingerprint density at radius 3 is 2.88 bits per heavy atom. The SMILES string of the molecule is CC1CSCCN1S(=O)(=O)c1ccc(CN)s1. The Balaban J connectivity index is 2.28. The van der Waals surface area contributed by atoms with Crippen molar-refractivity contribution >= 4 is 33.1 Å². The van der Waals surface area contributed by atoms with E-state index in [1.165, 1.54) is 11.3 Å². The number of nitrogens with two attached hydrogens (primary N) is 1. The van der Waals surface area contributed by atoms with Crippen LogP contribution in [0, 0.1) is 0 Å². The van der Waals surface area contributed by atoms with Gasteiger partial charge >= 0.3 is 0 Å². The summed E-state index contributed by atoms with van der Waals surface area (Å²) in [4.78, 5) is 0.905. The lowest BCUT2D eigenvalue weighted by molar-refractivity contribution is 0.368. The average molecular weight is 292 g/mol. The third kappa shape index (κ3) is 2.68. The number of thioether (sulfide) groups is 1. The second-order valence-electron chi connectivity index (χ2n) is 3.96. The molecule has 0 bridgehead atoms. The van der Waals surface area contributed by atoms with Gasteiger partial charge in [-0.15, -0.1) is 11.3 Å². The van der Waals surface area contributed by atoms with Crippen molar-refractivity contribution in [2.24, 2.45) is 5.73 Å². The van der Waals surface area contributed by atoms with E-state index in [0.717, 1.165) is 16.4 Å². The molecule has 0 amide bonds. The molecule has 96 valence electrons. The van der Waals surface area contributed by atoms with Crippen LogP contribution in [-0.2, 0) is 16.6 Å². The minimum Gasteiger partial charge on any atom is -0.326 e. The Bertz CT molecular complexity index is 483. The quantitative estimate of drug-likeness (QED) is 0.913. The highest BCUT2D eigenvalue weighted by molar-refractivity contribution is 7.99. The molecule has 7 heteroatoms. The maximum Gasteiger partial charge on any atom is 0.252 e. The van der Waals surface area contributed by atoms with Gasteiger partial charge in [0.15, 0.2) is 0 Å². The van der Waals surface area contributed by atoms with Gasteiger partial charge < -0.3 is 5.73 Å². The molecule has 2 N–H and O–H groups in total. The van der Waals surface area contributed by atoms with Gasteiger partial charge in [-0.3, -0.25) is 0 Å². The summed E-state index contributed by atoms with van der Waals surface area (Å²) in [5.41, 5.74) is 5.51. The summed E-state index contributed by atoms with van der Waals surface area (Å²) < 4.78 is 26.8. The Kier molecular flexibility index (Phi) is 4.14. The molecule has 0 spiro atoms. The lowest BCUT2D eigenvalue weighted by Gasteiger charge is -2.31. The van der Waals surface area contributed by atoms with Gasteiger partial charge in [-0.25, -0.2) is 8.42 Å². The van der Waals surface area contributed by atoms with Gasteiger partial charge in [-0.1, -0.05) is 0 Å². The van der Waals surface area contributed by atoms with Crippen molar-refractivity contribution in [1.29, 1.82) is 0 Å². The molecule has 0 radical (unpaired) electrons. The van der Waals surface area contributed by atoms with E-state index in [2.05, 4.69) is 0 Å². The first-order chi connectivity index (χ1) is 8.05. The molecule has 0 saturated carbocycles. The third-order valence-corrected chi connectivity index (χ3v) is 7.49. The fraction of sp³-hybridized carbons (Fsp3) is 0.600. The predicted molar refractivity (Wildman–Crippen MR) is 72.9 cm³/mol. The van der Waals surface area contributed by atoms with Crippen LogP contribution < -0.4 is 5.73 Å². The summed E-state index contributed by atoms with van der Waals surface area (Å²) in [7, 11) is -3.32. The van der Waals surface area contributed by atoms with Gasteiger partial charge in [0.05, 0.1) is 0 Å². The summed E-state index contributed by atoms with van der Waals surface area (Å²) in [6.07, 6.45) is 0. The van der Waals surface area contributed by atoms with E-state index >= 15 is 0 Å². The van der Waals surface area contributed by atoms with Crippen LogP contribution in [0.3, 0.4) is 0 Å². The molecule has 17 heavy (non-hydrogen) atoms. The van der Waals surface area contributed by atoms with Gasteiger partial charge in [-0.2, -0.15) is 16.1 Å². The molecule has 1 aromatic rings. The molecule has 1 unspecified atom stereocenters. The van der Waals surface area contributed by atoms with Crippen LogP contribution in [0.15, 0.2) is 16.3 Å². The molecule has 2 rings (SSSR count). The van der Waals surface area contributed by atoms with Crippen LogP contribution >= 0.6 is 23.1 Å². The molecule has 1 saturated heterocycles. The highest BCUT2D eigenvalue weighted by Crippen LogP contribution is 2.28. The van der Waals surface area contributed by atoms with Crippen molar-refractivity contribution in [3.63, 3.8) is 0 Å². The number of rotatable bonds is 3. The topological polar surface area (TPSA) is 63.4 Å². The minimum atomic E-state index is -3.32. The first-order valence-electron chi connectivity index (χ1n) is 5.44. The molecule has 1 fully saturated rings. The van der Waals surface area contributed by atoms with Gasteiger partial charge in [0.25, 0.3) is 10.0 Å². The molecular weight excluding hydrogens is 276 g/mol. The fourth-order valence-corrected chi connectivity index (χ4v) is 6.01. The van der Waals surface area contributed by atoms with E-state index in [-0.39, 0.29) is 6.04 Å². The maximum absolute atomic E-state index is 12.4. The van der Waals surface area contributed by atoms with Crippen molar-refractivity contribution in [3.05, 3.63) is 17.0 Å². The van der Waals surface area contributed by atoms with Crippen LogP contribution in [0.1, 0.15) is 11.8 Å². The number of sulfonamides is 1. The lowest BCUT2D eigenvalue weighted by atomic mass is 10.4. The number of hydrogen-bond acceptors (Lipinski definition) is 5. The Morgan fingerprint density at radius 2 is 2.29 bits per heavy atom. The molecule has 1 aliphatic heterocycles. The summed E-state index contributed by atoms with van der Waals surface area (Å²) in [5.74, 6) is 1.74. The standard InChI is InChI=1S/C10H16N2O2S3/c1-8-7-15-5-4-12(8)17(13,14)10-3-2-9(6-11)16-10/h2-3,8H,4-7,11H2,1H3. The predicted octanol–water partition coefficient (Wildman–Crippen LogP) is 1.33. The Morgan fingerprint density at radius 1 is 1.53 bits per heavy atom. The molecule has 1 atom stereocenters. The van der Waals surface area contributed by atoms with Crippen molar-refractivity contribution in [2.45, 2.75) is 23.7 Å². The first kappa shape index (κ1) is 13.4. The normalized spacial score (nSPS) is 22.8. The van der Waals surface area contributed by atoms with Crippen LogP contribution in [-0.4, -0.2) is 36.8 Å². The van der Waals surface area contributed by atoms with Gasteiger partial charge in [-0.05, 0) is 19.1 Å². The van der Waals surface area contributed by atoms with E-state index in [9.17, 15) is 8.42 Å². The molecule has 1 aliphatic rings. The van der Waals surface area contributed by atoms with E-state index in [1.807, 2.05) is 6.92 Å². The average Bonchev–Trinajstić information content (AvgIpc) is 2.78. The van der Waals surface area contributed by atoms with Gasteiger partial charge in [0.1, 0.15) is 4.21 Å². The zero-order valence-electron chi connectivity index (χ0n) is 9.63. The second kappa shape index (κ2) is 5.27. The molecule has 1 aromatic heterocycles. The fourth-order valence-electron chi connectivity index (χ4n) is 1.79. The molecule has 0 aromatic carbocycles. The van der Waals surface area contributed by atoms with E-state index < -0.39 is 10.0 Å². The number of nitrogens with zero attached hydrogens (tertiary/aromatic N) is 1. The van der Waals surface area contributed by atoms with Crippen molar-refractivity contribution < 1.29 is 8.42 Å². The van der Waals surface area contributed by atoms with Gasteiger partial charge in [0, 0.05) is 35.5 Å². The lowest BCUT2D eigenvalue weighted by Crippen LogP contribution is -2.44. The highest BCUT2D eigenvalue weighted by atomic mass is 32.2. The van der Waals surface area contributed by atoms with Crippen LogP contribution in [0.25, 0.3) is 0 Å². The monoisotopic (exact) mass is 292 g/mol. The molecule has 4 nitrogen and oxygen atoms in total. The second-order valence-corrected chi connectivity index (χ2v) is 8.40. The minimum absolute atomic E-state index is 0.0715. The summed E-state index contributed by atoms with van der Waals surface area (Å²) in [6, 6.07) is 3.53. The maximum atomic E-state index is 12.4. The Labute approximate surface area is 110 Å². The molecule has 2 heterocycles. The number of thiophene rings is 1. The van der Waals surface area contributed by atoms with Crippen molar-refractivity contribution in [3.8, 4) is 0 Å². The van der Waals surface area contributed by atoms with E-state index in [4.69, 9.17) is 5.73 Å². The zero-order chi connectivity index (χ0) is 12.5. The van der Waals surface area contributed by atoms with E-state index in [1.54, 1.807) is 28.2 Å². The van der Waals surface area contributed by atoms with E-state index in [0.29, 0.717) is 17.3 Å². The van der Waals surface area contributed by atoms with Crippen LogP contribution in [0.4, 0.5) is 0 Å². The molecule has 0 aliphatic carbocycles. The first-order valence-corrected chi connectivity index (χ1v) is 8.85. The molecular formula is C10H16N2O2S3. The van der Waals surface area contributed by atoms with Crippen molar-refractivity contribution in [1.82, 2.24) is 4.31 Å². The third-order valence-electron chi connectivity index (χ3n) is 2.71. The Hall–Kier alpha value is -0.0800. The van der Waals surface area contributed by atoms with Crippen LogP contribution in [0.5, 0.6) is 0 Å². The van der Waals surface area contributed by atoms with Crippen molar-refractivity contribution in [2.75, 3.05) is 18.1 Å². The van der Waals surface area contributed by atoms with Crippen LogP contribution in [0.2, 0.25) is 0 Å².